The molecule has 0 amide bonds. The highest BCUT2D eigenvalue weighted by Gasteiger charge is 2.53. The Morgan fingerprint density at radius 3 is 2.47 bits per heavy atom. The van der Waals surface area contributed by atoms with Crippen LogP contribution in [-0.4, -0.2) is 29.0 Å². The quantitative estimate of drug-likeness (QED) is 0.736. The lowest BCUT2D eigenvalue weighted by molar-refractivity contribution is -0.0499. The predicted octanol–water partition coefficient (Wildman–Crippen LogP) is 1.86. The Morgan fingerprint density at radius 1 is 1.47 bits per heavy atom. The highest BCUT2D eigenvalue weighted by molar-refractivity contribution is 5.16. The molecule has 0 spiro atoms. The van der Waals surface area contributed by atoms with Crippen LogP contribution in [0.15, 0.2) is 18.4 Å². The first-order valence-electron chi connectivity index (χ1n) is 6.33. The van der Waals surface area contributed by atoms with Crippen molar-refractivity contribution in [2.75, 3.05) is 0 Å². The van der Waals surface area contributed by atoms with Gasteiger partial charge in [-0.1, -0.05) is 34.3 Å². The van der Waals surface area contributed by atoms with Gasteiger partial charge in [-0.15, -0.1) is 5.73 Å². The molecule has 0 aromatic carbocycles. The average molecular weight is 239 g/mol. The molecule has 3 nitrogen and oxygen atoms in total. The Bertz CT molecular complexity index is 307. The van der Waals surface area contributed by atoms with Crippen LogP contribution in [0.3, 0.4) is 0 Å². The van der Waals surface area contributed by atoms with Crippen molar-refractivity contribution in [2.45, 2.75) is 58.0 Å². The average Bonchev–Trinajstić information content (AvgIpc) is 2.43. The lowest BCUT2D eigenvalue weighted by atomic mass is 9.82. The molecular formula is C14H25NO2. The largest absolute Gasteiger partial charge is 0.381 e. The first-order valence-corrected chi connectivity index (χ1v) is 6.33. The van der Waals surface area contributed by atoms with Crippen LogP contribution in [0.2, 0.25) is 0 Å². The van der Waals surface area contributed by atoms with Gasteiger partial charge in [0.15, 0.2) is 0 Å². The van der Waals surface area contributed by atoms with Crippen molar-refractivity contribution in [1.82, 2.24) is 0 Å². The van der Waals surface area contributed by atoms with Gasteiger partial charge in [0.05, 0.1) is 18.2 Å². The Morgan fingerprint density at radius 2 is 2.06 bits per heavy atom. The minimum atomic E-state index is -1.14. The molecule has 4 atom stereocenters. The molecule has 1 heterocycles. The molecule has 0 unspecified atom stereocenters. The number of ether oxygens (including phenoxy) is 1. The topological polar surface area (TPSA) is 55.5 Å². The Kier molecular flexibility index (Phi) is 4.56. The highest BCUT2D eigenvalue weighted by Crippen LogP contribution is 2.37. The highest BCUT2D eigenvalue weighted by atomic mass is 16.5. The lowest BCUT2D eigenvalue weighted by Crippen LogP contribution is -2.52. The maximum absolute atomic E-state index is 10.7. The van der Waals surface area contributed by atoms with Crippen LogP contribution in [0, 0.1) is 11.8 Å². The van der Waals surface area contributed by atoms with Gasteiger partial charge in [0.2, 0.25) is 0 Å². The van der Waals surface area contributed by atoms with Gasteiger partial charge < -0.3 is 15.6 Å². The summed E-state index contributed by atoms with van der Waals surface area (Å²) in [4.78, 5) is 0. The second-order valence-corrected chi connectivity index (χ2v) is 5.73. The maximum atomic E-state index is 10.7. The minimum absolute atomic E-state index is 0.100. The molecule has 0 saturated carbocycles. The molecule has 0 aromatic heterocycles. The van der Waals surface area contributed by atoms with Crippen LogP contribution in [0.25, 0.3) is 0 Å². The van der Waals surface area contributed by atoms with E-state index in [-0.39, 0.29) is 18.1 Å². The number of nitrogens with two attached hydrogens (primary N) is 1. The van der Waals surface area contributed by atoms with Crippen molar-refractivity contribution in [3.05, 3.63) is 18.4 Å². The van der Waals surface area contributed by atoms with Gasteiger partial charge in [-0.3, -0.25) is 0 Å². The van der Waals surface area contributed by atoms with E-state index in [4.69, 9.17) is 10.5 Å². The second kappa shape index (κ2) is 5.36. The number of hydrogen-bond acceptors (Lipinski definition) is 3. The molecule has 1 aliphatic heterocycles. The first-order chi connectivity index (χ1) is 7.82. The smallest absolute Gasteiger partial charge is 0.134 e. The van der Waals surface area contributed by atoms with Gasteiger partial charge in [-0.05, 0) is 24.3 Å². The Labute approximate surface area is 104 Å². The molecule has 0 aromatic rings. The number of hydrogen-bond donors (Lipinski definition) is 2. The third kappa shape index (κ3) is 2.80. The SMILES string of the molecule is C=C=C[C@@]1(O)[C@H](N)[C@@H](CC(C)C)O[C@H]1C(C)C. The third-order valence-electron chi connectivity index (χ3n) is 3.35. The molecule has 1 fully saturated rings. The van der Waals surface area contributed by atoms with E-state index in [9.17, 15) is 5.11 Å². The van der Waals surface area contributed by atoms with E-state index in [2.05, 4.69) is 26.2 Å². The van der Waals surface area contributed by atoms with Gasteiger partial charge in [0.25, 0.3) is 0 Å². The van der Waals surface area contributed by atoms with Crippen LogP contribution in [-0.2, 0) is 4.74 Å². The molecule has 1 saturated heterocycles. The third-order valence-corrected chi connectivity index (χ3v) is 3.35. The van der Waals surface area contributed by atoms with Gasteiger partial charge in [0, 0.05) is 0 Å². The fraction of sp³-hybridized carbons (Fsp3) is 0.786. The van der Waals surface area contributed by atoms with Gasteiger partial charge in [0.1, 0.15) is 5.60 Å². The normalized spacial score (nSPS) is 37.5. The Balaban J connectivity index is 2.97. The van der Waals surface area contributed by atoms with Crippen molar-refractivity contribution in [1.29, 1.82) is 0 Å². The summed E-state index contributed by atoms with van der Waals surface area (Å²) in [5.41, 5.74) is 7.66. The van der Waals surface area contributed by atoms with Crippen LogP contribution >= 0.6 is 0 Å². The summed E-state index contributed by atoms with van der Waals surface area (Å²) in [6.07, 6.45) is 2.04. The maximum Gasteiger partial charge on any atom is 0.134 e. The summed E-state index contributed by atoms with van der Waals surface area (Å²) in [6.45, 7) is 11.8. The van der Waals surface area contributed by atoms with E-state index < -0.39 is 11.6 Å². The van der Waals surface area contributed by atoms with E-state index in [0.717, 1.165) is 6.42 Å². The van der Waals surface area contributed by atoms with Gasteiger partial charge >= 0.3 is 0 Å². The fourth-order valence-electron chi connectivity index (χ4n) is 2.57. The predicted molar refractivity (Wildman–Crippen MR) is 69.6 cm³/mol. The summed E-state index contributed by atoms with van der Waals surface area (Å²) in [5, 5.41) is 10.7. The van der Waals surface area contributed by atoms with Crippen LogP contribution in [0.4, 0.5) is 0 Å². The summed E-state index contributed by atoms with van der Waals surface area (Å²) < 4.78 is 5.94. The summed E-state index contributed by atoms with van der Waals surface area (Å²) in [6, 6.07) is -0.411. The minimum Gasteiger partial charge on any atom is -0.381 e. The van der Waals surface area contributed by atoms with Gasteiger partial charge in [-0.25, -0.2) is 0 Å². The van der Waals surface area contributed by atoms with Gasteiger partial charge in [-0.2, -0.15) is 0 Å². The van der Waals surface area contributed by atoms with Crippen molar-refractivity contribution in [2.24, 2.45) is 17.6 Å². The lowest BCUT2D eigenvalue weighted by Gasteiger charge is -2.30. The molecular weight excluding hydrogens is 214 g/mol. The molecule has 3 N–H and O–H groups in total. The monoisotopic (exact) mass is 239 g/mol. The number of aliphatic hydroxyl groups is 1. The zero-order valence-corrected chi connectivity index (χ0v) is 11.3. The summed E-state index contributed by atoms with van der Waals surface area (Å²) in [7, 11) is 0. The summed E-state index contributed by atoms with van der Waals surface area (Å²) in [5.74, 6) is 0.696. The molecule has 0 bridgehead atoms. The zero-order chi connectivity index (χ0) is 13.2. The Hall–Kier alpha value is -0.600. The standard InChI is InChI=1S/C14H25NO2/c1-6-7-14(16)12(15)11(8-9(2)3)17-13(14)10(4)5/h7,9-13,16H,1,8,15H2,2-5H3/t11-,12-,13+,14-/m1/s1. The van der Waals surface area contributed by atoms with Crippen LogP contribution in [0.1, 0.15) is 34.1 Å². The van der Waals surface area contributed by atoms with Crippen molar-refractivity contribution in [3.8, 4) is 0 Å². The zero-order valence-electron chi connectivity index (χ0n) is 11.3. The second-order valence-electron chi connectivity index (χ2n) is 5.73. The van der Waals surface area contributed by atoms with Crippen molar-refractivity contribution in [3.63, 3.8) is 0 Å². The molecule has 0 radical (unpaired) electrons. The molecule has 1 aliphatic rings. The van der Waals surface area contributed by atoms with Crippen LogP contribution < -0.4 is 5.73 Å². The van der Waals surface area contributed by atoms with E-state index in [1.54, 1.807) is 6.08 Å². The summed E-state index contributed by atoms with van der Waals surface area (Å²) >= 11 is 0. The molecule has 98 valence electrons. The molecule has 0 aliphatic carbocycles. The van der Waals surface area contributed by atoms with Crippen LogP contribution in [0.5, 0.6) is 0 Å². The molecule has 1 rings (SSSR count). The number of rotatable bonds is 4. The first kappa shape index (κ1) is 14.5. The van der Waals surface area contributed by atoms with E-state index in [1.807, 2.05) is 13.8 Å². The van der Waals surface area contributed by atoms with Crippen molar-refractivity contribution < 1.29 is 9.84 Å². The van der Waals surface area contributed by atoms with E-state index in [0.29, 0.717) is 5.92 Å². The van der Waals surface area contributed by atoms with Crippen molar-refractivity contribution >= 4 is 0 Å². The molecule has 3 heteroatoms. The van der Waals surface area contributed by atoms with E-state index >= 15 is 0 Å². The molecule has 17 heavy (non-hydrogen) atoms. The fourth-order valence-corrected chi connectivity index (χ4v) is 2.57. The van der Waals surface area contributed by atoms with E-state index in [1.165, 1.54) is 0 Å².